The molecule has 2 aromatic rings. The van der Waals surface area contributed by atoms with Crippen molar-refractivity contribution in [2.75, 3.05) is 13.1 Å². The average molecular weight is 443 g/mol. The van der Waals surface area contributed by atoms with Gasteiger partial charge < -0.3 is 5.32 Å². The summed E-state index contributed by atoms with van der Waals surface area (Å²) in [4.78, 5) is 13.0. The van der Waals surface area contributed by atoms with Gasteiger partial charge in [0.1, 0.15) is 0 Å². The third-order valence-corrected chi connectivity index (χ3v) is 7.73. The fourth-order valence-electron chi connectivity index (χ4n) is 4.22. The zero-order valence-corrected chi connectivity index (χ0v) is 19.6. The molecule has 2 aromatic carbocycles. The highest BCUT2D eigenvalue weighted by Crippen LogP contribution is 2.25. The van der Waals surface area contributed by atoms with E-state index in [1.807, 2.05) is 61.5 Å². The zero-order chi connectivity index (χ0) is 22.4. The Hall–Kier alpha value is -2.18. The van der Waals surface area contributed by atoms with Crippen LogP contribution >= 0.6 is 0 Å². The van der Waals surface area contributed by atoms with E-state index in [9.17, 15) is 13.2 Å². The van der Waals surface area contributed by atoms with Gasteiger partial charge >= 0.3 is 0 Å². The standard InChI is InChI=1S/C25H34N2O3S/c1-19(2)16-24(22-10-5-4-6-11-22)26-25(28)23-12-14-27(15-13-23)31(29,30)18-21-9-7-8-20(3)17-21/h4-11,17,19,23-24H,12-16,18H2,1-3H3,(H,26,28)/t24-/m0/s1. The van der Waals surface area contributed by atoms with Crippen molar-refractivity contribution in [3.8, 4) is 0 Å². The Balaban J connectivity index is 1.58. The van der Waals surface area contributed by atoms with E-state index < -0.39 is 10.0 Å². The zero-order valence-electron chi connectivity index (χ0n) is 18.8. The van der Waals surface area contributed by atoms with Crippen LogP contribution in [0.2, 0.25) is 0 Å². The number of amides is 1. The van der Waals surface area contributed by atoms with Gasteiger partial charge in [-0.2, -0.15) is 0 Å². The van der Waals surface area contributed by atoms with Crippen LogP contribution in [0.1, 0.15) is 55.8 Å². The van der Waals surface area contributed by atoms with Crippen LogP contribution in [0.25, 0.3) is 0 Å². The Morgan fingerprint density at radius 2 is 1.74 bits per heavy atom. The Bertz CT molecular complexity index is 965. The molecule has 1 atom stereocenters. The molecule has 0 aromatic heterocycles. The molecule has 6 heteroatoms. The van der Waals surface area contributed by atoms with Gasteiger partial charge in [0, 0.05) is 19.0 Å². The minimum atomic E-state index is -3.38. The predicted molar refractivity (Wildman–Crippen MR) is 125 cm³/mol. The number of carbonyl (C=O) groups is 1. The summed E-state index contributed by atoms with van der Waals surface area (Å²) in [6.07, 6.45) is 1.99. The highest BCUT2D eigenvalue weighted by Gasteiger charge is 2.32. The molecule has 168 valence electrons. The van der Waals surface area contributed by atoms with Crippen molar-refractivity contribution < 1.29 is 13.2 Å². The molecule has 1 fully saturated rings. The lowest BCUT2D eigenvalue weighted by Crippen LogP contribution is -2.44. The van der Waals surface area contributed by atoms with Gasteiger partial charge in [-0.15, -0.1) is 0 Å². The van der Waals surface area contributed by atoms with Gasteiger partial charge in [-0.3, -0.25) is 4.79 Å². The number of carbonyl (C=O) groups excluding carboxylic acids is 1. The number of aryl methyl sites for hydroxylation is 1. The largest absolute Gasteiger partial charge is 0.349 e. The van der Waals surface area contributed by atoms with Gasteiger partial charge in [-0.25, -0.2) is 12.7 Å². The van der Waals surface area contributed by atoms with Crippen molar-refractivity contribution in [1.82, 2.24) is 9.62 Å². The van der Waals surface area contributed by atoms with Gasteiger partial charge in [0.15, 0.2) is 0 Å². The fourth-order valence-corrected chi connectivity index (χ4v) is 5.78. The molecule has 1 heterocycles. The molecule has 0 spiro atoms. The Morgan fingerprint density at radius 1 is 1.06 bits per heavy atom. The van der Waals surface area contributed by atoms with Gasteiger partial charge in [-0.05, 0) is 43.2 Å². The van der Waals surface area contributed by atoms with Crippen LogP contribution in [0.4, 0.5) is 0 Å². The van der Waals surface area contributed by atoms with E-state index in [0.29, 0.717) is 31.8 Å². The SMILES string of the molecule is Cc1cccc(CS(=O)(=O)N2CCC(C(=O)N[C@@H](CC(C)C)c3ccccc3)CC2)c1. The number of hydrogen-bond acceptors (Lipinski definition) is 3. The summed E-state index contributed by atoms with van der Waals surface area (Å²) in [5.74, 6) is 0.351. The lowest BCUT2D eigenvalue weighted by Gasteiger charge is -2.32. The summed E-state index contributed by atoms with van der Waals surface area (Å²) in [7, 11) is -3.38. The van der Waals surface area contributed by atoms with Crippen LogP contribution < -0.4 is 5.32 Å². The number of benzene rings is 2. The molecule has 31 heavy (non-hydrogen) atoms. The number of sulfonamides is 1. The van der Waals surface area contributed by atoms with Gasteiger partial charge in [0.2, 0.25) is 15.9 Å². The second-order valence-electron chi connectivity index (χ2n) is 9.02. The monoisotopic (exact) mass is 442 g/mol. The Kier molecular flexibility index (Phi) is 7.89. The fraction of sp³-hybridized carbons (Fsp3) is 0.480. The molecular weight excluding hydrogens is 408 g/mol. The van der Waals surface area contributed by atoms with E-state index in [1.165, 1.54) is 0 Å². The van der Waals surface area contributed by atoms with Crippen LogP contribution in [0.15, 0.2) is 54.6 Å². The highest BCUT2D eigenvalue weighted by molar-refractivity contribution is 7.88. The number of nitrogens with zero attached hydrogens (tertiary/aromatic N) is 1. The van der Waals surface area contributed by atoms with E-state index in [4.69, 9.17) is 0 Å². The molecule has 0 saturated carbocycles. The summed E-state index contributed by atoms with van der Waals surface area (Å²) < 4.78 is 27.2. The number of nitrogens with one attached hydrogen (secondary N) is 1. The maximum Gasteiger partial charge on any atom is 0.223 e. The van der Waals surface area contributed by atoms with Crippen molar-refractivity contribution in [2.24, 2.45) is 11.8 Å². The Labute approximate surface area is 186 Å². The van der Waals surface area contributed by atoms with Crippen LogP contribution in [-0.2, 0) is 20.6 Å². The van der Waals surface area contributed by atoms with E-state index in [-0.39, 0.29) is 23.6 Å². The second-order valence-corrected chi connectivity index (χ2v) is 11.0. The summed E-state index contributed by atoms with van der Waals surface area (Å²) >= 11 is 0. The van der Waals surface area contributed by atoms with E-state index in [1.54, 1.807) is 4.31 Å². The first-order valence-corrected chi connectivity index (χ1v) is 12.7. The molecule has 5 nitrogen and oxygen atoms in total. The van der Waals surface area contributed by atoms with Gasteiger partial charge in [0.25, 0.3) is 0 Å². The predicted octanol–water partition coefficient (Wildman–Crippen LogP) is 4.44. The average Bonchev–Trinajstić information content (AvgIpc) is 2.73. The maximum atomic E-state index is 13.0. The summed E-state index contributed by atoms with van der Waals surface area (Å²) in [6.45, 7) is 7.06. The van der Waals surface area contributed by atoms with E-state index in [2.05, 4.69) is 19.2 Å². The number of piperidine rings is 1. The number of hydrogen-bond donors (Lipinski definition) is 1. The molecule has 3 rings (SSSR count). The van der Waals surface area contributed by atoms with Crippen LogP contribution in [0.5, 0.6) is 0 Å². The third kappa shape index (κ3) is 6.65. The lowest BCUT2D eigenvalue weighted by molar-refractivity contribution is -0.127. The van der Waals surface area contributed by atoms with Crippen LogP contribution in [-0.4, -0.2) is 31.7 Å². The quantitative estimate of drug-likeness (QED) is 0.657. The summed E-state index contributed by atoms with van der Waals surface area (Å²) in [6, 6.07) is 17.7. The van der Waals surface area contributed by atoms with Gasteiger partial charge in [0.05, 0.1) is 11.8 Å². The molecular formula is C25H34N2O3S. The molecule has 0 aliphatic carbocycles. The molecule has 1 amide bonds. The normalized spacial score (nSPS) is 16.9. The van der Waals surface area contributed by atoms with Crippen LogP contribution in [0.3, 0.4) is 0 Å². The Morgan fingerprint density at radius 3 is 2.35 bits per heavy atom. The third-order valence-electron chi connectivity index (χ3n) is 5.88. The van der Waals surface area contributed by atoms with E-state index in [0.717, 1.165) is 23.1 Å². The maximum absolute atomic E-state index is 13.0. The van der Waals surface area contributed by atoms with Crippen molar-refractivity contribution in [2.45, 2.75) is 51.8 Å². The summed E-state index contributed by atoms with van der Waals surface area (Å²) in [5.41, 5.74) is 2.97. The smallest absolute Gasteiger partial charge is 0.223 e. The topological polar surface area (TPSA) is 66.5 Å². The number of rotatable bonds is 8. The van der Waals surface area contributed by atoms with Crippen LogP contribution in [0, 0.1) is 18.8 Å². The molecule has 1 saturated heterocycles. The van der Waals surface area contributed by atoms with Crippen molar-refractivity contribution in [3.05, 3.63) is 71.3 Å². The minimum Gasteiger partial charge on any atom is -0.349 e. The molecule has 0 bridgehead atoms. The molecule has 0 unspecified atom stereocenters. The molecule has 1 aliphatic heterocycles. The highest BCUT2D eigenvalue weighted by atomic mass is 32.2. The summed E-state index contributed by atoms with van der Waals surface area (Å²) in [5, 5.41) is 3.23. The first-order valence-electron chi connectivity index (χ1n) is 11.1. The minimum absolute atomic E-state index is 0.00993. The van der Waals surface area contributed by atoms with Crippen molar-refractivity contribution >= 4 is 15.9 Å². The molecule has 0 radical (unpaired) electrons. The van der Waals surface area contributed by atoms with E-state index >= 15 is 0 Å². The first-order chi connectivity index (χ1) is 14.7. The lowest BCUT2D eigenvalue weighted by atomic mass is 9.93. The van der Waals surface area contributed by atoms with Crippen molar-refractivity contribution in [1.29, 1.82) is 0 Å². The second kappa shape index (κ2) is 10.4. The molecule has 1 aliphatic rings. The first kappa shape index (κ1) is 23.5. The molecule has 1 N–H and O–H groups in total. The van der Waals surface area contributed by atoms with Gasteiger partial charge in [-0.1, -0.05) is 74.0 Å². The van der Waals surface area contributed by atoms with Crippen molar-refractivity contribution in [3.63, 3.8) is 0 Å².